The molecule has 1 fully saturated rings. The summed E-state index contributed by atoms with van der Waals surface area (Å²) in [6.45, 7) is 5.63. The normalized spacial score (nSPS) is 25.3. The predicted octanol–water partition coefficient (Wildman–Crippen LogP) is 3.70. The molecular formula is C14H19ClFNO. The molecule has 2 unspecified atom stereocenters. The van der Waals surface area contributed by atoms with Gasteiger partial charge in [0.15, 0.2) is 0 Å². The summed E-state index contributed by atoms with van der Waals surface area (Å²) in [5.74, 6) is -0.265. The zero-order chi connectivity index (χ0) is 13.2. The first-order valence-electron chi connectivity index (χ1n) is 6.39. The summed E-state index contributed by atoms with van der Waals surface area (Å²) in [5, 5.41) is 3.96. The van der Waals surface area contributed by atoms with Crippen LogP contribution in [0.5, 0.6) is 0 Å². The van der Waals surface area contributed by atoms with Crippen molar-refractivity contribution in [2.45, 2.75) is 38.3 Å². The summed E-state index contributed by atoms with van der Waals surface area (Å²) in [5.41, 5.74) is 0.468. The number of hydrogen-bond donors (Lipinski definition) is 1. The summed E-state index contributed by atoms with van der Waals surface area (Å²) < 4.78 is 19.3. The molecule has 1 aliphatic rings. The van der Waals surface area contributed by atoms with Crippen molar-refractivity contribution in [3.05, 3.63) is 34.6 Å². The van der Waals surface area contributed by atoms with Crippen LogP contribution in [0.4, 0.5) is 4.39 Å². The SMILES string of the molecule is CCNC(c1cc(F)ccc1Cl)C1(C)CCCO1. The summed E-state index contributed by atoms with van der Waals surface area (Å²) >= 11 is 6.20. The van der Waals surface area contributed by atoms with Gasteiger partial charge in [-0.2, -0.15) is 0 Å². The van der Waals surface area contributed by atoms with Crippen LogP contribution < -0.4 is 5.32 Å². The van der Waals surface area contributed by atoms with Crippen LogP contribution in [-0.2, 0) is 4.74 Å². The van der Waals surface area contributed by atoms with Crippen LogP contribution >= 0.6 is 11.6 Å². The van der Waals surface area contributed by atoms with Gasteiger partial charge in [-0.05, 0) is 50.1 Å². The molecule has 18 heavy (non-hydrogen) atoms. The van der Waals surface area contributed by atoms with Gasteiger partial charge in [0.05, 0.1) is 11.6 Å². The quantitative estimate of drug-likeness (QED) is 0.902. The molecule has 0 spiro atoms. The molecule has 1 aromatic carbocycles. The van der Waals surface area contributed by atoms with E-state index >= 15 is 0 Å². The van der Waals surface area contributed by atoms with Crippen molar-refractivity contribution in [1.82, 2.24) is 5.32 Å². The summed E-state index contributed by atoms with van der Waals surface area (Å²) in [7, 11) is 0. The minimum Gasteiger partial charge on any atom is -0.373 e. The number of nitrogens with one attached hydrogen (secondary N) is 1. The van der Waals surface area contributed by atoms with E-state index in [2.05, 4.69) is 12.2 Å². The average molecular weight is 272 g/mol. The Morgan fingerprint density at radius 3 is 2.94 bits per heavy atom. The number of ether oxygens (including phenoxy) is 1. The van der Waals surface area contributed by atoms with Crippen molar-refractivity contribution < 1.29 is 9.13 Å². The van der Waals surface area contributed by atoms with Gasteiger partial charge in [0.25, 0.3) is 0 Å². The van der Waals surface area contributed by atoms with Gasteiger partial charge >= 0.3 is 0 Å². The molecule has 2 atom stereocenters. The van der Waals surface area contributed by atoms with E-state index in [-0.39, 0.29) is 17.5 Å². The first kappa shape index (κ1) is 13.8. The highest BCUT2D eigenvalue weighted by Crippen LogP contribution is 2.39. The third-order valence-corrected chi connectivity index (χ3v) is 3.88. The third kappa shape index (κ3) is 2.68. The second-order valence-corrected chi connectivity index (χ2v) is 5.33. The van der Waals surface area contributed by atoms with Crippen molar-refractivity contribution in [3.8, 4) is 0 Å². The number of hydrogen-bond acceptors (Lipinski definition) is 2. The van der Waals surface area contributed by atoms with Crippen molar-refractivity contribution in [1.29, 1.82) is 0 Å². The van der Waals surface area contributed by atoms with Crippen molar-refractivity contribution in [2.75, 3.05) is 13.2 Å². The third-order valence-electron chi connectivity index (χ3n) is 3.54. The molecular weight excluding hydrogens is 253 g/mol. The average Bonchev–Trinajstić information content (AvgIpc) is 2.77. The molecule has 4 heteroatoms. The fraction of sp³-hybridized carbons (Fsp3) is 0.571. The number of benzene rings is 1. The molecule has 1 N–H and O–H groups in total. The summed E-state index contributed by atoms with van der Waals surface area (Å²) in [4.78, 5) is 0. The molecule has 1 aromatic rings. The summed E-state index contributed by atoms with van der Waals surface area (Å²) in [6.07, 6.45) is 1.99. The maximum atomic E-state index is 13.4. The van der Waals surface area contributed by atoms with Crippen LogP contribution in [0.2, 0.25) is 5.02 Å². The molecule has 0 aromatic heterocycles. The van der Waals surface area contributed by atoms with Crippen LogP contribution in [0.25, 0.3) is 0 Å². The van der Waals surface area contributed by atoms with Crippen LogP contribution in [0.15, 0.2) is 18.2 Å². The Bertz CT molecular complexity index is 418. The van der Waals surface area contributed by atoms with E-state index in [1.165, 1.54) is 12.1 Å². The highest BCUT2D eigenvalue weighted by atomic mass is 35.5. The van der Waals surface area contributed by atoms with E-state index in [1.807, 2.05) is 6.92 Å². The zero-order valence-corrected chi connectivity index (χ0v) is 11.6. The van der Waals surface area contributed by atoms with Gasteiger partial charge in [0.2, 0.25) is 0 Å². The zero-order valence-electron chi connectivity index (χ0n) is 10.8. The van der Waals surface area contributed by atoms with Crippen LogP contribution in [0.3, 0.4) is 0 Å². The van der Waals surface area contributed by atoms with Gasteiger partial charge in [-0.15, -0.1) is 0 Å². The van der Waals surface area contributed by atoms with Gasteiger partial charge < -0.3 is 10.1 Å². The van der Waals surface area contributed by atoms with Gasteiger partial charge in [-0.3, -0.25) is 0 Å². The van der Waals surface area contributed by atoms with E-state index in [9.17, 15) is 4.39 Å². The van der Waals surface area contributed by atoms with Crippen LogP contribution in [-0.4, -0.2) is 18.8 Å². The number of rotatable bonds is 4. The molecule has 0 radical (unpaired) electrons. The van der Waals surface area contributed by atoms with E-state index in [0.29, 0.717) is 5.02 Å². The smallest absolute Gasteiger partial charge is 0.123 e. The van der Waals surface area contributed by atoms with Crippen molar-refractivity contribution in [3.63, 3.8) is 0 Å². The molecule has 1 heterocycles. The van der Waals surface area contributed by atoms with E-state index < -0.39 is 0 Å². The van der Waals surface area contributed by atoms with Crippen LogP contribution in [0, 0.1) is 5.82 Å². The monoisotopic (exact) mass is 271 g/mol. The van der Waals surface area contributed by atoms with Crippen molar-refractivity contribution >= 4 is 11.6 Å². The van der Waals surface area contributed by atoms with Gasteiger partial charge in [-0.25, -0.2) is 4.39 Å². The molecule has 100 valence electrons. The second kappa shape index (κ2) is 5.55. The molecule has 1 aliphatic heterocycles. The Morgan fingerprint density at radius 1 is 1.56 bits per heavy atom. The highest BCUT2D eigenvalue weighted by Gasteiger charge is 2.39. The van der Waals surface area contributed by atoms with E-state index in [4.69, 9.17) is 16.3 Å². The maximum absolute atomic E-state index is 13.4. The fourth-order valence-electron chi connectivity index (χ4n) is 2.62. The lowest BCUT2D eigenvalue weighted by atomic mass is 9.87. The van der Waals surface area contributed by atoms with Gasteiger partial charge in [0, 0.05) is 11.6 Å². The molecule has 2 rings (SSSR count). The molecule has 1 saturated heterocycles. The van der Waals surface area contributed by atoms with Crippen LogP contribution in [0.1, 0.15) is 38.3 Å². The molecule has 0 aliphatic carbocycles. The molecule has 0 saturated carbocycles. The standard InChI is InChI=1S/C14H19ClFNO/c1-3-17-13(14(2)7-4-8-18-14)11-9-10(16)5-6-12(11)15/h5-6,9,13,17H,3-4,7-8H2,1-2H3. The molecule has 0 bridgehead atoms. The summed E-state index contributed by atoms with van der Waals surface area (Å²) in [6, 6.07) is 4.41. The fourth-order valence-corrected chi connectivity index (χ4v) is 2.85. The predicted molar refractivity (Wildman–Crippen MR) is 71.4 cm³/mol. The highest BCUT2D eigenvalue weighted by molar-refractivity contribution is 6.31. The Labute approximate surface area is 112 Å². The van der Waals surface area contributed by atoms with Crippen molar-refractivity contribution in [2.24, 2.45) is 0 Å². The van der Waals surface area contributed by atoms with Gasteiger partial charge in [-0.1, -0.05) is 18.5 Å². The van der Waals surface area contributed by atoms with E-state index in [0.717, 1.165) is 31.6 Å². The Morgan fingerprint density at radius 2 is 2.33 bits per heavy atom. The lowest BCUT2D eigenvalue weighted by molar-refractivity contribution is -0.0121. The first-order valence-corrected chi connectivity index (χ1v) is 6.77. The lowest BCUT2D eigenvalue weighted by Crippen LogP contribution is -2.41. The maximum Gasteiger partial charge on any atom is 0.123 e. The Balaban J connectivity index is 2.37. The van der Waals surface area contributed by atoms with E-state index in [1.54, 1.807) is 6.07 Å². The number of likely N-dealkylation sites (N-methyl/N-ethyl adjacent to an activating group) is 1. The van der Waals surface area contributed by atoms with Gasteiger partial charge in [0.1, 0.15) is 5.82 Å². The Kier molecular flexibility index (Phi) is 4.25. The largest absolute Gasteiger partial charge is 0.373 e. The minimum atomic E-state index is -0.312. The topological polar surface area (TPSA) is 21.3 Å². The molecule has 2 nitrogen and oxygen atoms in total. The Hall–Kier alpha value is -0.640. The lowest BCUT2D eigenvalue weighted by Gasteiger charge is -2.34. The molecule has 0 amide bonds. The first-order chi connectivity index (χ1) is 8.57. The minimum absolute atomic E-state index is 0.0757. The second-order valence-electron chi connectivity index (χ2n) is 4.92. The number of halogens is 2.